The Labute approximate surface area is 305 Å². The number of benzene rings is 8. The molecule has 246 valence electrons. The molecule has 11 rings (SSSR count). The summed E-state index contributed by atoms with van der Waals surface area (Å²) in [5.74, 6) is 0. The van der Waals surface area contributed by atoms with Crippen LogP contribution in [0.3, 0.4) is 0 Å². The maximum Gasteiger partial charge on any atom is 0.188 e. The summed E-state index contributed by atoms with van der Waals surface area (Å²) < 4.78 is 7.18. The molecule has 0 atom stereocenters. The zero-order valence-corrected chi connectivity index (χ0v) is 28.6. The molecule has 0 saturated heterocycles. The van der Waals surface area contributed by atoms with Crippen LogP contribution in [0.25, 0.3) is 98.5 Å². The molecule has 3 heterocycles. The molecule has 0 aliphatic carbocycles. The number of hydrogen-bond donors (Lipinski definition) is 0. The summed E-state index contributed by atoms with van der Waals surface area (Å²) in [6.45, 7) is 7.78. The fourth-order valence-electron chi connectivity index (χ4n) is 8.57. The number of aromatic nitrogens is 3. The zero-order chi connectivity index (χ0) is 35.0. The van der Waals surface area contributed by atoms with E-state index in [2.05, 4.69) is 188 Å². The van der Waals surface area contributed by atoms with Gasteiger partial charge in [-0.25, -0.2) is 4.85 Å². The van der Waals surface area contributed by atoms with Crippen molar-refractivity contribution in [1.29, 1.82) is 0 Å². The van der Waals surface area contributed by atoms with Gasteiger partial charge in [0.1, 0.15) is 0 Å². The van der Waals surface area contributed by atoms with Gasteiger partial charge in [-0.1, -0.05) is 115 Å². The van der Waals surface area contributed by atoms with Crippen molar-refractivity contribution in [2.24, 2.45) is 0 Å². The minimum Gasteiger partial charge on any atom is -0.309 e. The monoisotopic (exact) mass is 674 g/mol. The molecular formula is C49H30N4. The molecule has 3 aromatic heterocycles. The van der Waals surface area contributed by atoms with Crippen molar-refractivity contribution in [3.05, 3.63) is 193 Å². The molecular weight excluding hydrogens is 645 g/mol. The Balaban J connectivity index is 1.18. The van der Waals surface area contributed by atoms with Crippen LogP contribution in [0.4, 0.5) is 5.69 Å². The standard InChI is InChI=1S/C49H30N4/c1-50-34-25-28-47-43(31-34)42-27-26-41-40-21-7-10-24-46(40)53(48(41)49(42)52(47)35-15-3-2-4-16-35)37-18-12-14-33(30-37)32-13-11-17-36(29-32)51-44-22-8-5-19-38(44)39-20-6-9-23-45(39)51/h2-31H. The van der Waals surface area contributed by atoms with Gasteiger partial charge < -0.3 is 13.7 Å². The second-order valence-electron chi connectivity index (χ2n) is 13.7. The lowest BCUT2D eigenvalue weighted by molar-refractivity contribution is 1.15. The predicted octanol–water partition coefficient (Wildman–Crippen LogP) is 13.2. The van der Waals surface area contributed by atoms with E-state index in [1.54, 1.807) is 0 Å². The Bertz CT molecular complexity index is 3240. The van der Waals surface area contributed by atoms with E-state index in [9.17, 15) is 0 Å². The zero-order valence-electron chi connectivity index (χ0n) is 28.6. The van der Waals surface area contributed by atoms with Crippen LogP contribution in [0.15, 0.2) is 182 Å². The molecule has 0 aliphatic rings. The third-order valence-corrected chi connectivity index (χ3v) is 10.8. The minimum atomic E-state index is 0.640. The van der Waals surface area contributed by atoms with Crippen LogP contribution < -0.4 is 0 Å². The first-order valence-electron chi connectivity index (χ1n) is 17.9. The molecule has 0 radical (unpaired) electrons. The molecule has 0 N–H and O–H groups in total. The summed E-state index contributed by atoms with van der Waals surface area (Å²) in [4.78, 5) is 3.80. The molecule has 0 spiro atoms. The van der Waals surface area contributed by atoms with E-state index in [1.807, 2.05) is 12.1 Å². The molecule has 0 unspecified atom stereocenters. The second-order valence-corrected chi connectivity index (χ2v) is 13.7. The van der Waals surface area contributed by atoms with E-state index in [4.69, 9.17) is 6.57 Å². The van der Waals surface area contributed by atoms with Crippen LogP contribution in [-0.2, 0) is 0 Å². The Morgan fingerprint density at radius 2 is 0.774 bits per heavy atom. The van der Waals surface area contributed by atoms with Crippen LogP contribution in [0, 0.1) is 6.57 Å². The number of rotatable bonds is 4. The second kappa shape index (κ2) is 11.3. The molecule has 0 fully saturated rings. The first-order valence-corrected chi connectivity index (χ1v) is 17.9. The van der Waals surface area contributed by atoms with Crippen LogP contribution in [0.2, 0.25) is 0 Å². The van der Waals surface area contributed by atoms with E-state index in [0.29, 0.717) is 5.69 Å². The number of hydrogen-bond acceptors (Lipinski definition) is 0. The van der Waals surface area contributed by atoms with Gasteiger partial charge in [-0.05, 0) is 83.2 Å². The van der Waals surface area contributed by atoms with Gasteiger partial charge in [0.2, 0.25) is 0 Å². The predicted molar refractivity (Wildman–Crippen MR) is 221 cm³/mol. The Hall–Kier alpha value is -7.35. The first-order chi connectivity index (χ1) is 26.3. The normalized spacial score (nSPS) is 11.8. The summed E-state index contributed by atoms with van der Waals surface area (Å²) in [6, 6.07) is 65.0. The van der Waals surface area contributed by atoms with Crippen molar-refractivity contribution >= 4 is 71.1 Å². The molecule has 4 heteroatoms. The van der Waals surface area contributed by atoms with Crippen molar-refractivity contribution < 1.29 is 0 Å². The van der Waals surface area contributed by atoms with Gasteiger partial charge in [-0.15, -0.1) is 0 Å². The highest BCUT2D eigenvalue weighted by Crippen LogP contribution is 2.43. The van der Waals surface area contributed by atoms with Gasteiger partial charge in [0, 0.05) is 44.0 Å². The van der Waals surface area contributed by atoms with Crippen LogP contribution in [0.5, 0.6) is 0 Å². The van der Waals surface area contributed by atoms with Gasteiger partial charge in [0.15, 0.2) is 5.69 Å². The van der Waals surface area contributed by atoms with E-state index in [0.717, 1.165) is 61.0 Å². The smallest absolute Gasteiger partial charge is 0.188 e. The van der Waals surface area contributed by atoms with Crippen molar-refractivity contribution in [1.82, 2.24) is 13.7 Å². The summed E-state index contributed by atoms with van der Waals surface area (Å²) in [6.07, 6.45) is 0. The van der Waals surface area contributed by atoms with Crippen LogP contribution in [0.1, 0.15) is 0 Å². The van der Waals surface area contributed by atoms with E-state index in [1.165, 1.54) is 32.6 Å². The highest BCUT2D eigenvalue weighted by molar-refractivity contribution is 6.24. The van der Waals surface area contributed by atoms with Crippen molar-refractivity contribution in [3.63, 3.8) is 0 Å². The molecule has 4 nitrogen and oxygen atoms in total. The lowest BCUT2D eigenvalue weighted by Gasteiger charge is -2.14. The fourth-order valence-corrected chi connectivity index (χ4v) is 8.57. The number of nitrogens with zero attached hydrogens (tertiary/aromatic N) is 4. The summed E-state index contributed by atoms with van der Waals surface area (Å²) in [5, 5.41) is 7.11. The quantitative estimate of drug-likeness (QED) is 0.166. The molecule has 0 bridgehead atoms. The van der Waals surface area contributed by atoms with Crippen LogP contribution >= 0.6 is 0 Å². The van der Waals surface area contributed by atoms with Crippen molar-refractivity contribution in [2.45, 2.75) is 0 Å². The molecule has 53 heavy (non-hydrogen) atoms. The minimum absolute atomic E-state index is 0.640. The van der Waals surface area contributed by atoms with Gasteiger partial charge >= 0.3 is 0 Å². The highest BCUT2D eigenvalue weighted by atomic mass is 15.0. The SMILES string of the molecule is [C-]#[N+]c1ccc2c(c1)c1ccc3c4ccccc4n(-c4cccc(-c5cccc(-n6c7ccccc7c7ccccc76)c5)c4)c3c1n2-c1ccccc1. The van der Waals surface area contributed by atoms with Gasteiger partial charge in [-0.2, -0.15) is 0 Å². The fraction of sp³-hybridized carbons (Fsp3) is 0. The maximum atomic E-state index is 7.78. The molecule has 0 saturated carbocycles. The molecule has 0 aliphatic heterocycles. The third kappa shape index (κ3) is 4.29. The van der Waals surface area contributed by atoms with E-state index in [-0.39, 0.29) is 0 Å². The maximum absolute atomic E-state index is 7.78. The Morgan fingerprint density at radius 1 is 0.321 bits per heavy atom. The molecule has 8 aromatic carbocycles. The highest BCUT2D eigenvalue weighted by Gasteiger charge is 2.22. The topological polar surface area (TPSA) is 19.1 Å². The Kier molecular flexibility index (Phi) is 6.28. The van der Waals surface area contributed by atoms with Crippen molar-refractivity contribution in [2.75, 3.05) is 0 Å². The molecule has 11 aromatic rings. The number of fused-ring (bicyclic) bond motifs is 10. The Morgan fingerprint density at radius 3 is 1.38 bits per heavy atom. The average Bonchev–Trinajstić information content (AvgIpc) is 3.87. The number of para-hydroxylation sites is 4. The third-order valence-electron chi connectivity index (χ3n) is 10.8. The lowest BCUT2D eigenvalue weighted by atomic mass is 10.0. The van der Waals surface area contributed by atoms with Crippen LogP contribution in [-0.4, -0.2) is 13.7 Å². The summed E-state index contributed by atoms with van der Waals surface area (Å²) >= 11 is 0. The van der Waals surface area contributed by atoms with E-state index >= 15 is 0 Å². The average molecular weight is 675 g/mol. The van der Waals surface area contributed by atoms with Gasteiger partial charge in [0.05, 0.1) is 39.7 Å². The largest absolute Gasteiger partial charge is 0.309 e. The first kappa shape index (κ1) is 29.4. The van der Waals surface area contributed by atoms with Gasteiger partial charge in [-0.3, -0.25) is 0 Å². The van der Waals surface area contributed by atoms with Gasteiger partial charge in [0.25, 0.3) is 0 Å². The summed E-state index contributed by atoms with van der Waals surface area (Å²) in [5.41, 5.74) is 13.2. The van der Waals surface area contributed by atoms with Crippen molar-refractivity contribution in [3.8, 4) is 28.2 Å². The lowest BCUT2D eigenvalue weighted by Crippen LogP contribution is -1.99. The summed E-state index contributed by atoms with van der Waals surface area (Å²) in [7, 11) is 0. The molecule has 0 amide bonds. The van der Waals surface area contributed by atoms with E-state index < -0.39 is 0 Å².